The molecule has 1 aliphatic heterocycles. The van der Waals surface area contributed by atoms with Crippen LogP contribution in [0, 0.1) is 0 Å². The second-order valence-corrected chi connectivity index (χ2v) is 6.77. The maximum atomic E-state index is 4.78. The fourth-order valence-corrected chi connectivity index (χ4v) is 3.32. The number of hydrogen-bond donors (Lipinski definition) is 0. The number of aromatic nitrogens is 2. The molecule has 3 rings (SSSR count). The summed E-state index contributed by atoms with van der Waals surface area (Å²) in [7, 11) is 2.18. The third-order valence-electron chi connectivity index (χ3n) is 4.55. The molecule has 0 spiro atoms. The van der Waals surface area contributed by atoms with Crippen LogP contribution in [0.25, 0.3) is 0 Å². The smallest absolute Gasteiger partial charge is 0.135 e. The lowest BCUT2D eigenvalue weighted by Gasteiger charge is -2.37. The zero-order chi connectivity index (χ0) is 14.1. The van der Waals surface area contributed by atoms with Gasteiger partial charge < -0.3 is 9.80 Å². The third kappa shape index (κ3) is 3.14. The first-order chi connectivity index (χ1) is 9.67. The normalized spacial score (nSPS) is 21.1. The molecule has 0 bridgehead atoms. The molecule has 2 fully saturated rings. The van der Waals surface area contributed by atoms with Gasteiger partial charge in [-0.2, -0.15) is 0 Å². The van der Waals surface area contributed by atoms with Crippen molar-refractivity contribution >= 4 is 21.7 Å². The van der Waals surface area contributed by atoms with Crippen LogP contribution in [0.5, 0.6) is 0 Å². The van der Waals surface area contributed by atoms with E-state index in [1.54, 1.807) is 0 Å². The molecule has 110 valence electrons. The van der Waals surface area contributed by atoms with Gasteiger partial charge in [0.25, 0.3) is 0 Å². The molecule has 2 aliphatic rings. The van der Waals surface area contributed by atoms with Gasteiger partial charge in [0.2, 0.25) is 0 Å². The van der Waals surface area contributed by atoms with Crippen LogP contribution in [-0.4, -0.2) is 47.6 Å². The van der Waals surface area contributed by atoms with E-state index >= 15 is 0 Å². The highest BCUT2D eigenvalue weighted by atomic mass is 79.9. The van der Waals surface area contributed by atoms with Crippen molar-refractivity contribution in [1.82, 2.24) is 14.9 Å². The Morgan fingerprint density at radius 1 is 1.25 bits per heavy atom. The molecule has 1 saturated carbocycles. The highest BCUT2D eigenvalue weighted by molar-refractivity contribution is 9.10. The first-order valence-electron chi connectivity index (χ1n) is 7.67. The van der Waals surface area contributed by atoms with E-state index in [0.717, 1.165) is 16.2 Å². The van der Waals surface area contributed by atoms with Gasteiger partial charge in [-0.15, -0.1) is 0 Å². The Morgan fingerprint density at radius 2 is 1.95 bits per heavy atom. The maximum Gasteiger partial charge on any atom is 0.135 e. The average Bonchev–Trinajstić information content (AvgIpc) is 3.30. The average molecular weight is 339 g/mol. The van der Waals surface area contributed by atoms with Gasteiger partial charge in [-0.3, -0.25) is 0 Å². The number of rotatable bonds is 4. The number of hydrogen-bond acceptors (Lipinski definition) is 4. The van der Waals surface area contributed by atoms with Crippen molar-refractivity contribution in [3.05, 3.63) is 16.5 Å². The van der Waals surface area contributed by atoms with Crippen LogP contribution in [0.2, 0.25) is 0 Å². The van der Waals surface area contributed by atoms with Crippen LogP contribution in [-0.2, 0) is 0 Å². The van der Waals surface area contributed by atoms with Crippen LogP contribution in [0.4, 0.5) is 5.82 Å². The van der Waals surface area contributed by atoms with E-state index in [1.165, 1.54) is 45.3 Å². The van der Waals surface area contributed by atoms with E-state index in [-0.39, 0.29) is 0 Å². The first-order valence-corrected chi connectivity index (χ1v) is 8.46. The second-order valence-electron chi connectivity index (χ2n) is 5.96. The molecule has 0 unspecified atom stereocenters. The largest absolute Gasteiger partial charge is 0.356 e. The summed E-state index contributed by atoms with van der Waals surface area (Å²) in [5.41, 5.74) is 0. The quantitative estimate of drug-likeness (QED) is 0.790. The van der Waals surface area contributed by atoms with Crippen LogP contribution < -0.4 is 4.90 Å². The number of halogens is 1. The molecule has 0 N–H and O–H groups in total. The summed E-state index contributed by atoms with van der Waals surface area (Å²) in [4.78, 5) is 14.2. The van der Waals surface area contributed by atoms with Crippen molar-refractivity contribution in [2.75, 3.05) is 31.6 Å². The number of piperidine rings is 1. The molecule has 1 saturated heterocycles. The molecule has 0 atom stereocenters. The van der Waals surface area contributed by atoms with E-state index in [0.29, 0.717) is 12.0 Å². The molecule has 0 amide bonds. The molecule has 1 aliphatic carbocycles. The van der Waals surface area contributed by atoms with E-state index < -0.39 is 0 Å². The highest BCUT2D eigenvalue weighted by Gasteiger charge is 2.28. The van der Waals surface area contributed by atoms with Crippen LogP contribution in [0.15, 0.2) is 10.7 Å². The molecular weight excluding hydrogens is 316 g/mol. The minimum absolute atomic E-state index is 0.599. The summed E-state index contributed by atoms with van der Waals surface area (Å²) in [5, 5.41) is 0. The fraction of sp³-hybridized carbons (Fsp3) is 0.733. The summed E-state index contributed by atoms with van der Waals surface area (Å²) >= 11 is 3.54. The Balaban J connectivity index is 1.71. The third-order valence-corrected chi connectivity index (χ3v) is 4.96. The zero-order valence-corrected chi connectivity index (χ0v) is 13.9. The van der Waals surface area contributed by atoms with Gasteiger partial charge in [-0.25, -0.2) is 9.97 Å². The Labute approximate surface area is 129 Å². The lowest BCUT2D eigenvalue weighted by Crippen LogP contribution is -2.43. The number of anilines is 1. The number of likely N-dealkylation sites (tertiary alicyclic amines) is 1. The fourth-order valence-electron chi connectivity index (χ4n) is 2.94. The summed E-state index contributed by atoms with van der Waals surface area (Å²) in [6.45, 7) is 5.81. The molecule has 1 aromatic rings. The van der Waals surface area contributed by atoms with Crippen molar-refractivity contribution in [1.29, 1.82) is 0 Å². The Bertz CT molecular complexity index is 467. The van der Waals surface area contributed by atoms with Crippen LogP contribution in [0.1, 0.15) is 44.3 Å². The van der Waals surface area contributed by atoms with Crippen molar-refractivity contribution in [2.24, 2.45) is 0 Å². The monoisotopic (exact) mass is 338 g/mol. The molecule has 5 heteroatoms. The van der Waals surface area contributed by atoms with E-state index in [1.807, 2.05) is 0 Å². The minimum Gasteiger partial charge on any atom is -0.356 e. The molecular formula is C15H23BrN4. The van der Waals surface area contributed by atoms with Gasteiger partial charge >= 0.3 is 0 Å². The van der Waals surface area contributed by atoms with Gasteiger partial charge in [0.15, 0.2) is 0 Å². The summed E-state index contributed by atoms with van der Waals surface area (Å²) in [6.07, 6.45) is 4.94. The van der Waals surface area contributed by atoms with Crippen molar-refractivity contribution in [3.8, 4) is 0 Å². The summed E-state index contributed by atoms with van der Waals surface area (Å²) in [6, 6.07) is 2.66. The number of nitrogens with zero attached hydrogens (tertiary/aromatic N) is 4. The lowest BCUT2D eigenvalue weighted by atomic mass is 10.0. The minimum atomic E-state index is 0.599. The Hall–Kier alpha value is -0.680. The van der Waals surface area contributed by atoms with E-state index in [4.69, 9.17) is 4.98 Å². The van der Waals surface area contributed by atoms with Crippen LogP contribution >= 0.6 is 15.9 Å². The van der Waals surface area contributed by atoms with Gasteiger partial charge in [-0.1, -0.05) is 6.92 Å². The first kappa shape index (κ1) is 14.3. The lowest BCUT2D eigenvalue weighted by molar-refractivity contribution is 0.220. The topological polar surface area (TPSA) is 32.3 Å². The van der Waals surface area contributed by atoms with Gasteiger partial charge in [0.1, 0.15) is 16.2 Å². The van der Waals surface area contributed by atoms with Crippen molar-refractivity contribution < 1.29 is 0 Å². The van der Waals surface area contributed by atoms with Crippen molar-refractivity contribution in [3.63, 3.8) is 0 Å². The zero-order valence-electron chi connectivity index (χ0n) is 12.3. The summed E-state index contributed by atoms with van der Waals surface area (Å²) in [5.74, 6) is 2.69. The highest BCUT2D eigenvalue weighted by Crippen LogP contribution is 2.39. The van der Waals surface area contributed by atoms with E-state index in [9.17, 15) is 0 Å². The second kappa shape index (κ2) is 5.98. The Kier molecular flexibility index (Phi) is 4.26. The maximum absolute atomic E-state index is 4.78. The Morgan fingerprint density at radius 3 is 2.55 bits per heavy atom. The molecule has 1 aromatic heterocycles. The SMILES string of the molecule is CCN1CCC(N(C)c2cc(Br)nc(C3CC3)n2)CC1. The molecule has 0 radical (unpaired) electrons. The van der Waals surface area contributed by atoms with E-state index in [2.05, 4.69) is 50.8 Å². The van der Waals surface area contributed by atoms with Crippen molar-refractivity contribution in [2.45, 2.75) is 44.6 Å². The van der Waals surface area contributed by atoms with Gasteiger partial charge in [0, 0.05) is 38.2 Å². The molecule has 2 heterocycles. The summed E-state index contributed by atoms with van der Waals surface area (Å²) < 4.78 is 0.919. The molecule has 20 heavy (non-hydrogen) atoms. The van der Waals surface area contributed by atoms with Crippen LogP contribution in [0.3, 0.4) is 0 Å². The molecule has 0 aromatic carbocycles. The van der Waals surface area contributed by atoms with Gasteiger partial charge in [-0.05, 0) is 48.2 Å². The predicted octanol–water partition coefficient (Wildman–Crippen LogP) is 3.04. The van der Waals surface area contributed by atoms with Gasteiger partial charge in [0.05, 0.1) is 0 Å². The standard InChI is InChI=1S/C15H23BrN4/c1-3-20-8-6-12(7-9-20)19(2)14-10-13(16)17-15(18-14)11-4-5-11/h10-12H,3-9H2,1-2H3. The molecule has 4 nitrogen and oxygen atoms in total. The predicted molar refractivity (Wildman–Crippen MR) is 85.2 cm³/mol.